The lowest BCUT2D eigenvalue weighted by Crippen LogP contribution is -2.39. The van der Waals surface area contributed by atoms with Crippen LogP contribution in [-0.2, 0) is 16.0 Å². The van der Waals surface area contributed by atoms with Gasteiger partial charge < -0.3 is 19.7 Å². The Morgan fingerprint density at radius 3 is 2.96 bits per heavy atom. The van der Waals surface area contributed by atoms with Crippen LogP contribution in [0.1, 0.15) is 37.1 Å². The minimum absolute atomic E-state index is 0.0427. The number of ether oxygens (including phenoxy) is 2. The molecule has 2 rings (SSSR count). The second-order valence-electron chi connectivity index (χ2n) is 6.45. The van der Waals surface area contributed by atoms with Gasteiger partial charge in [0.15, 0.2) is 5.96 Å². The van der Waals surface area contributed by atoms with Crippen LogP contribution in [0.2, 0.25) is 0 Å². The topological polar surface area (TPSA) is 62.2 Å². The van der Waals surface area contributed by atoms with Gasteiger partial charge in [-0.05, 0) is 20.3 Å². The Morgan fingerprint density at radius 2 is 2.27 bits per heavy atom. The van der Waals surface area contributed by atoms with Gasteiger partial charge >= 0.3 is 0 Å². The van der Waals surface area contributed by atoms with Crippen molar-refractivity contribution in [1.29, 1.82) is 0 Å². The third kappa shape index (κ3) is 6.83. The summed E-state index contributed by atoms with van der Waals surface area (Å²) in [6.07, 6.45) is 1.11. The van der Waals surface area contributed by atoms with Crippen LogP contribution in [0.25, 0.3) is 0 Å². The van der Waals surface area contributed by atoms with Crippen molar-refractivity contribution in [1.82, 2.24) is 20.1 Å². The summed E-state index contributed by atoms with van der Waals surface area (Å²) in [5.41, 5.74) is 1.05. The van der Waals surface area contributed by atoms with Gasteiger partial charge in [0.05, 0.1) is 25.5 Å². The van der Waals surface area contributed by atoms with E-state index in [0.717, 1.165) is 75.6 Å². The molecular formula is C18H33N5O2S. The van der Waals surface area contributed by atoms with Gasteiger partial charge in [0.25, 0.3) is 0 Å². The van der Waals surface area contributed by atoms with E-state index in [1.165, 1.54) is 0 Å². The Morgan fingerprint density at radius 1 is 1.50 bits per heavy atom. The zero-order chi connectivity index (χ0) is 18.8. The highest BCUT2D eigenvalue weighted by Gasteiger charge is 2.13. The SMILES string of the molecule is CCNC(=NCCCN1CCOCC1)N(C)Cc1csc(C(C)OC)n1. The molecule has 1 saturated heterocycles. The molecule has 0 radical (unpaired) electrons. The molecule has 2 heterocycles. The number of morpholine rings is 1. The van der Waals surface area contributed by atoms with Gasteiger partial charge in [-0.15, -0.1) is 11.3 Å². The summed E-state index contributed by atoms with van der Waals surface area (Å²) < 4.78 is 10.7. The van der Waals surface area contributed by atoms with E-state index >= 15 is 0 Å². The van der Waals surface area contributed by atoms with E-state index in [-0.39, 0.29) is 6.10 Å². The first kappa shape index (κ1) is 21.1. The maximum absolute atomic E-state index is 5.39. The number of aromatic nitrogens is 1. The summed E-state index contributed by atoms with van der Waals surface area (Å²) in [7, 11) is 3.77. The first-order valence-corrected chi connectivity index (χ1v) is 10.3. The molecule has 0 aliphatic carbocycles. The Balaban J connectivity index is 1.82. The highest BCUT2D eigenvalue weighted by Crippen LogP contribution is 2.20. The summed E-state index contributed by atoms with van der Waals surface area (Å²) in [6, 6.07) is 0. The molecule has 1 aliphatic rings. The summed E-state index contributed by atoms with van der Waals surface area (Å²) in [4.78, 5) is 14.0. The lowest BCUT2D eigenvalue weighted by atomic mass is 10.3. The van der Waals surface area contributed by atoms with E-state index < -0.39 is 0 Å². The molecule has 1 aliphatic heterocycles. The van der Waals surface area contributed by atoms with Crippen LogP contribution < -0.4 is 5.32 Å². The van der Waals surface area contributed by atoms with E-state index in [1.807, 2.05) is 6.92 Å². The molecular weight excluding hydrogens is 350 g/mol. The quantitative estimate of drug-likeness (QED) is 0.400. The van der Waals surface area contributed by atoms with E-state index in [9.17, 15) is 0 Å². The van der Waals surface area contributed by atoms with Gasteiger partial charge in [-0.2, -0.15) is 0 Å². The molecule has 1 fully saturated rings. The van der Waals surface area contributed by atoms with Crippen LogP contribution in [0, 0.1) is 0 Å². The highest BCUT2D eigenvalue weighted by molar-refractivity contribution is 7.09. The van der Waals surface area contributed by atoms with Crippen molar-refractivity contribution in [2.75, 3.05) is 60.1 Å². The lowest BCUT2D eigenvalue weighted by molar-refractivity contribution is 0.0377. The molecule has 26 heavy (non-hydrogen) atoms. The Kier molecular flexibility index (Phi) is 9.31. The van der Waals surface area contributed by atoms with Gasteiger partial charge in [-0.1, -0.05) is 0 Å². The molecule has 0 aromatic carbocycles. The third-order valence-electron chi connectivity index (χ3n) is 4.36. The fourth-order valence-electron chi connectivity index (χ4n) is 2.77. The average Bonchev–Trinajstić information content (AvgIpc) is 3.12. The molecule has 1 atom stereocenters. The molecule has 0 bridgehead atoms. The van der Waals surface area contributed by atoms with Crippen molar-refractivity contribution in [3.63, 3.8) is 0 Å². The van der Waals surface area contributed by atoms with Crippen molar-refractivity contribution in [3.05, 3.63) is 16.1 Å². The lowest BCUT2D eigenvalue weighted by Gasteiger charge is -2.26. The number of hydrogen-bond donors (Lipinski definition) is 1. The molecule has 0 saturated carbocycles. The minimum atomic E-state index is 0.0427. The molecule has 8 heteroatoms. The van der Waals surface area contributed by atoms with Crippen molar-refractivity contribution in [2.24, 2.45) is 4.99 Å². The van der Waals surface area contributed by atoms with E-state index in [2.05, 4.69) is 39.5 Å². The number of thiazole rings is 1. The molecule has 0 spiro atoms. The predicted octanol–water partition coefficient (Wildman–Crippen LogP) is 1.97. The second kappa shape index (κ2) is 11.5. The summed E-state index contributed by atoms with van der Waals surface area (Å²) in [5.74, 6) is 0.934. The van der Waals surface area contributed by atoms with Crippen LogP contribution >= 0.6 is 11.3 Å². The number of guanidine groups is 1. The standard InChI is InChI=1S/C18H33N5O2S/c1-5-19-18(20-7-6-8-23-9-11-25-12-10-23)22(3)13-16-14-26-17(21-16)15(2)24-4/h14-15H,5-13H2,1-4H3,(H,19,20). The van der Waals surface area contributed by atoms with Gasteiger partial charge in [0, 0.05) is 52.3 Å². The number of hydrogen-bond acceptors (Lipinski definition) is 6. The zero-order valence-electron chi connectivity index (χ0n) is 16.5. The first-order chi connectivity index (χ1) is 12.6. The molecule has 1 aromatic heterocycles. The van der Waals surface area contributed by atoms with E-state index in [0.29, 0.717) is 0 Å². The van der Waals surface area contributed by atoms with Crippen LogP contribution in [0.3, 0.4) is 0 Å². The first-order valence-electron chi connectivity index (χ1n) is 9.40. The van der Waals surface area contributed by atoms with Crippen molar-refractivity contribution < 1.29 is 9.47 Å². The fraction of sp³-hybridized carbons (Fsp3) is 0.778. The second-order valence-corrected chi connectivity index (χ2v) is 7.34. The van der Waals surface area contributed by atoms with Gasteiger partial charge in [-0.25, -0.2) is 4.98 Å². The molecule has 148 valence electrons. The monoisotopic (exact) mass is 383 g/mol. The third-order valence-corrected chi connectivity index (χ3v) is 5.42. The summed E-state index contributed by atoms with van der Waals surface area (Å²) in [6.45, 7) is 11.4. The predicted molar refractivity (Wildman–Crippen MR) is 107 cm³/mol. The number of methoxy groups -OCH3 is 1. The maximum Gasteiger partial charge on any atom is 0.194 e. The Hall–Kier alpha value is -1.22. The largest absolute Gasteiger partial charge is 0.379 e. The molecule has 1 N–H and O–H groups in total. The van der Waals surface area contributed by atoms with Crippen LogP contribution in [0.15, 0.2) is 10.4 Å². The van der Waals surface area contributed by atoms with Gasteiger partial charge in [0.2, 0.25) is 0 Å². The average molecular weight is 384 g/mol. The summed E-state index contributed by atoms with van der Waals surface area (Å²) in [5, 5.41) is 6.49. The number of aliphatic imine (C=N–C) groups is 1. The molecule has 0 amide bonds. The zero-order valence-corrected chi connectivity index (χ0v) is 17.3. The molecule has 1 aromatic rings. The summed E-state index contributed by atoms with van der Waals surface area (Å²) >= 11 is 1.65. The van der Waals surface area contributed by atoms with Crippen LogP contribution in [0.4, 0.5) is 0 Å². The van der Waals surface area contributed by atoms with E-state index in [1.54, 1.807) is 18.4 Å². The van der Waals surface area contributed by atoms with Crippen molar-refractivity contribution in [2.45, 2.75) is 32.9 Å². The Labute approximate surface area is 161 Å². The molecule has 1 unspecified atom stereocenters. The van der Waals surface area contributed by atoms with Crippen LogP contribution in [-0.4, -0.2) is 80.8 Å². The van der Waals surface area contributed by atoms with Gasteiger partial charge in [0.1, 0.15) is 11.1 Å². The van der Waals surface area contributed by atoms with Gasteiger partial charge in [-0.3, -0.25) is 9.89 Å². The van der Waals surface area contributed by atoms with Crippen LogP contribution in [0.5, 0.6) is 0 Å². The smallest absolute Gasteiger partial charge is 0.194 e. The normalized spacial score (nSPS) is 17.3. The minimum Gasteiger partial charge on any atom is -0.379 e. The number of nitrogens with one attached hydrogen (secondary N) is 1. The number of nitrogens with zero attached hydrogens (tertiary/aromatic N) is 4. The van der Waals surface area contributed by atoms with Crippen molar-refractivity contribution >= 4 is 17.3 Å². The fourth-order valence-corrected chi connectivity index (χ4v) is 3.62. The highest BCUT2D eigenvalue weighted by atomic mass is 32.1. The van der Waals surface area contributed by atoms with E-state index in [4.69, 9.17) is 14.5 Å². The molecule has 7 nitrogen and oxygen atoms in total. The Bertz CT molecular complexity index is 545. The maximum atomic E-state index is 5.39. The van der Waals surface area contributed by atoms with Crippen molar-refractivity contribution in [3.8, 4) is 0 Å². The number of rotatable bonds is 9.